The van der Waals surface area contributed by atoms with Gasteiger partial charge < -0.3 is 10.3 Å². The standard InChI is InChI=1S/C14H17ClFN3/c1-9(2)11(6-17)14-7-18-8-19(14)10-3-4-12(15)13(16)5-10/h3-5,7-9,11H,6,17H2,1-2H3. The van der Waals surface area contributed by atoms with Crippen LogP contribution in [0.1, 0.15) is 25.5 Å². The number of aromatic nitrogens is 2. The molecule has 1 unspecified atom stereocenters. The summed E-state index contributed by atoms with van der Waals surface area (Å²) >= 11 is 5.70. The van der Waals surface area contributed by atoms with E-state index >= 15 is 0 Å². The Labute approximate surface area is 117 Å². The Morgan fingerprint density at radius 2 is 2.16 bits per heavy atom. The third-order valence-corrected chi connectivity index (χ3v) is 3.59. The molecule has 0 bridgehead atoms. The van der Waals surface area contributed by atoms with Crippen molar-refractivity contribution in [3.05, 3.63) is 47.3 Å². The second-order valence-corrected chi connectivity index (χ2v) is 5.28. The van der Waals surface area contributed by atoms with E-state index in [1.54, 1.807) is 24.7 Å². The molecule has 1 aromatic heterocycles. The maximum Gasteiger partial charge on any atom is 0.143 e. The summed E-state index contributed by atoms with van der Waals surface area (Å²) in [5, 5.41) is 0.115. The number of hydrogen-bond donors (Lipinski definition) is 1. The van der Waals surface area contributed by atoms with Crippen LogP contribution < -0.4 is 5.73 Å². The van der Waals surface area contributed by atoms with E-state index in [0.717, 1.165) is 5.69 Å². The zero-order chi connectivity index (χ0) is 14.0. The van der Waals surface area contributed by atoms with Gasteiger partial charge in [-0.15, -0.1) is 0 Å². The molecule has 2 rings (SSSR count). The van der Waals surface area contributed by atoms with Crippen LogP contribution in [0.5, 0.6) is 0 Å². The number of rotatable bonds is 4. The number of benzene rings is 1. The first-order valence-electron chi connectivity index (χ1n) is 6.22. The lowest BCUT2D eigenvalue weighted by atomic mass is 9.93. The minimum Gasteiger partial charge on any atom is -0.330 e. The van der Waals surface area contributed by atoms with Crippen molar-refractivity contribution < 1.29 is 4.39 Å². The highest BCUT2D eigenvalue weighted by molar-refractivity contribution is 6.30. The summed E-state index contributed by atoms with van der Waals surface area (Å²) < 4.78 is 15.4. The molecule has 1 atom stereocenters. The van der Waals surface area contributed by atoms with Gasteiger partial charge in [0.2, 0.25) is 0 Å². The van der Waals surface area contributed by atoms with E-state index in [2.05, 4.69) is 18.8 Å². The topological polar surface area (TPSA) is 43.8 Å². The molecule has 0 radical (unpaired) electrons. The summed E-state index contributed by atoms with van der Waals surface area (Å²) in [6, 6.07) is 4.72. The van der Waals surface area contributed by atoms with Gasteiger partial charge in [-0.05, 0) is 24.1 Å². The number of halogens is 2. The number of nitrogens with two attached hydrogens (primary N) is 1. The first-order chi connectivity index (χ1) is 9.04. The van der Waals surface area contributed by atoms with Crippen molar-refractivity contribution in [2.45, 2.75) is 19.8 Å². The van der Waals surface area contributed by atoms with Crippen LogP contribution in [0.4, 0.5) is 4.39 Å². The molecule has 2 N–H and O–H groups in total. The van der Waals surface area contributed by atoms with Crippen molar-refractivity contribution in [3.63, 3.8) is 0 Å². The lowest BCUT2D eigenvalue weighted by Gasteiger charge is -2.20. The summed E-state index contributed by atoms with van der Waals surface area (Å²) in [4.78, 5) is 4.15. The highest BCUT2D eigenvalue weighted by Gasteiger charge is 2.19. The Morgan fingerprint density at radius 3 is 2.74 bits per heavy atom. The van der Waals surface area contributed by atoms with Gasteiger partial charge in [0.25, 0.3) is 0 Å². The van der Waals surface area contributed by atoms with Gasteiger partial charge in [-0.1, -0.05) is 25.4 Å². The predicted octanol–water partition coefficient (Wildman–Crippen LogP) is 3.36. The molecule has 3 nitrogen and oxygen atoms in total. The summed E-state index contributed by atoms with van der Waals surface area (Å²) in [6.45, 7) is 4.74. The fourth-order valence-electron chi connectivity index (χ4n) is 2.16. The highest BCUT2D eigenvalue weighted by atomic mass is 35.5. The second-order valence-electron chi connectivity index (χ2n) is 4.87. The molecule has 0 amide bonds. The minimum atomic E-state index is -0.437. The first kappa shape index (κ1) is 14.0. The van der Waals surface area contributed by atoms with Crippen LogP contribution in [-0.4, -0.2) is 16.1 Å². The highest BCUT2D eigenvalue weighted by Crippen LogP contribution is 2.26. The molecule has 0 spiro atoms. The molecule has 5 heteroatoms. The number of hydrogen-bond acceptors (Lipinski definition) is 2. The van der Waals surface area contributed by atoms with E-state index in [1.165, 1.54) is 6.07 Å². The van der Waals surface area contributed by atoms with Crippen LogP contribution in [0.3, 0.4) is 0 Å². The molecule has 1 heterocycles. The average Bonchev–Trinajstić information content (AvgIpc) is 2.82. The van der Waals surface area contributed by atoms with Gasteiger partial charge in [-0.3, -0.25) is 0 Å². The van der Waals surface area contributed by atoms with Crippen LogP contribution in [0.25, 0.3) is 5.69 Å². The Hall–Kier alpha value is -1.39. The van der Waals surface area contributed by atoms with E-state index in [1.807, 2.05) is 4.57 Å². The monoisotopic (exact) mass is 281 g/mol. The third-order valence-electron chi connectivity index (χ3n) is 3.29. The number of nitrogens with zero attached hydrogens (tertiary/aromatic N) is 2. The van der Waals surface area contributed by atoms with Crippen molar-refractivity contribution in [2.75, 3.05) is 6.54 Å². The van der Waals surface area contributed by atoms with Crippen LogP contribution in [0.15, 0.2) is 30.7 Å². The van der Waals surface area contributed by atoms with Crippen LogP contribution in [0, 0.1) is 11.7 Å². The first-order valence-corrected chi connectivity index (χ1v) is 6.60. The molecule has 2 aromatic rings. The van der Waals surface area contributed by atoms with Gasteiger partial charge in [0.1, 0.15) is 5.82 Å². The van der Waals surface area contributed by atoms with Crippen molar-refractivity contribution in [1.82, 2.24) is 9.55 Å². The summed E-state index contributed by atoms with van der Waals surface area (Å²) in [7, 11) is 0. The lowest BCUT2D eigenvalue weighted by Crippen LogP contribution is -2.20. The smallest absolute Gasteiger partial charge is 0.143 e. The Morgan fingerprint density at radius 1 is 1.42 bits per heavy atom. The van der Waals surface area contributed by atoms with E-state index in [-0.39, 0.29) is 10.9 Å². The van der Waals surface area contributed by atoms with Crippen molar-refractivity contribution in [2.24, 2.45) is 11.7 Å². The molecule has 0 aliphatic heterocycles. The van der Waals surface area contributed by atoms with Gasteiger partial charge in [-0.2, -0.15) is 0 Å². The zero-order valence-electron chi connectivity index (χ0n) is 11.0. The van der Waals surface area contributed by atoms with Gasteiger partial charge in [0, 0.05) is 30.0 Å². The molecule has 0 aliphatic carbocycles. The van der Waals surface area contributed by atoms with Crippen LogP contribution in [-0.2, 0) is 0 Å². The molecule has 0 fully saturated rings. The second kappa shape index (κ2) is 5.72. The summed E-state index contributed by atoms with van der Waals surface area (Å²) in [5.74, 6) is 0.131. The molecule has 19 heavy (non-hydrogen) atoms. The van der Waals surface area contributed by atoms with Crippen molar-refractivity contribution in [1.29, 1.82) is 0 Å². The van der Waals surface area contributed by atoms with E-state index in [4.69, 9.17) is 17.3 Å². The van der Waals surface area contributed by atoms with E-state index in [9.17, 15) is 4.39 Å². The zero-order valence-corrected chi connectivity index (χ0v) is 11.7. The van der Waals surface area contributed by atoms with Gasteiger partial charge >= 0.3 is 0 Å². The predicted molar refractivity (Wildman–Crippen MR) is 75.2 cm³/mol. The SMILES string of the molecule is CC(C)C(CN)c1cncn1-c1ccc(Cl)c(F)c1. The normalized spacial score (nSPS) is 12.9. The molecular formula is C14H17ClFN3. The molecular weight excluding hydrogens is 265 g/mol. The fourth-order valence-corrected chi connectivity index (χ4v) is 2.28. The minimum absolute atomic E-state index is 0.115. The Balaban J connectivity index is 2.46. The van der Waals surface area contributed by atoms with Gasteiger partial charge in [0.05, 0.1) is 11.3 Å². The van der Waals surface area contributed by atoms with Crippen molar-refractivity contribution in [3.8, 4) is 5.69 Å². The molecule has 0 saturated heterocycles. The van der Waals surface area contributed by atoms with E-state index in [0.29, 0.717) is 18.2 Å². The maximum absolute atomic E-state index is 13.6. The Bertz CT molecular complexity index is 566. The molecule has 0 saturated carbocycles. The quantitative estimate of drug-likeness (QED) is 0.934. The van der Waals surface area contributed by atoms with Crippen LogP contribution in [0.2, 0.25) is 5.02 Å². The Kier molecular flexibility index (Phi) is 4.22. The fraction of sp³-hybridized carbons (Fsp3) is 0.357. The number of imidazole rings is 1. The third kappa shape index (κ3) is 2.80. The summed E-state index contributed by atoms with van der Waals surface area (Å²) in [5.41, 5.74) is 7.52. The van der Waals surface area contributed by atoms with Crippen molar-refractivity contribution >= 4 is 11.6 Å². The van der Waals surface area contributed by atoms with Gasteiger partial charge in [0.15, 0.2) is 0 Å². The largest absolute Gasteiger partial charge is 0.330 e. The average molecular weight is 282 g/mol. The van der Waals surface area contributed by atoms with Crippen LogP contribution >= 0.6 is 11.6 Å². The maximum atomic E-state index is 13.6. The van der Waals surface area contributed by atoms with Gasteiger partial charge in [-0.25, -0.2) is 9.37 Å². The molecule has 0 aliphatic rings. The van der Waals surface area contributed by atoms with E-state index < -0.39 is 5.82 Å². The molecule has 102 valence electrons. The molecule has 1 aromatic carbocycles. The lowest BCUT2D eigenvalue weighted by molar-refractivity contribution is 0.489. The summed E-state index contributed by atoms with van der Waals surface area (Å²) in [6.07, 6.45) is 3.45.